The van der Waals surface area contributed by atoms with Crippen molar-refractivity contribution in [2.45, 2.75) is 6.42 Å². The van der Waals surface area contributed by atoms with Crippen molar-refractivity contribution in [2.75, 3.05) is 19.5 Å². The molecule has 0 heterocycles. The number of nitrogens with one attached hydrogen (secondary N) is 1. The minimum Gasteiger partial charge on any atom is -0.497 e. The van der Waals surface area contributed by atoms with E-state index in [0.29, 0.717) is 22.7 Å². The monoisotopic (exact) mass is 316 g/mol. The van der Waals surface area contributed by atoms with Gasteiger partial charge in [-0.15, -0.1) is 0 Å². The van der Waals surface area contributed by atoms with E-state index in [-0.39, 0.29) is 18.0 Å². The maximum Gasteiger partial charge on any atom is 0.271 e. The van der Waals surface area contributed by atoms with Crippen LogP contribution in [-0.2, 0) is 11.2 Å². The lowest BCUT2D eigenvalue weighted by atomic mass is 10.1. The Labute approximate surface area is 133 Å². The summed E-state index contributed by atoms with van der Waals surface area (Å²) in [6.45, 7) is 0. The summed E-state index contributed by atoms with van der Waals surface area (Å²) >= 11 is 0. The molecular weight excluding hydrogens is 300 g/mol. The molecule has 0 aliphatic heterocycles. The molecule has 0 aliphatic rings. The van der Waals surface area contributed by atoms with E-state index in [1.165, 1.54) is 32.4 Å². The standard InChI is InChI=1S/C16H16N2O5/c1-22-14-6-7-15(23-2)11(8-14)9-16(19)17-12-4-3-5-13(10-12)18(20)21/h3-8,10H,9H2,1-2H3,(H,17,19). The van der Waals surface area contributed by atoms with Crippen molar-refractivity contribution < 1.29 is 19.2 Å². The van der Waals surface area contributed by atoms with E-state index in [4.69, 9.17) is 9.47 Å². The second kappa shape index (κ2) is 7.26. The van der Waals surface area contributed by atoms with E-state index in [9.17, 15) is 14.9 Å². The molecule has 0 aromatic heterocycles. The highest BCUT2D eigenvalue weighted by Crippen LogP contribution is 2.25. The van der Waals surface area contributed by atoms with Gasteiger partial charge in [-0.2, -0.15) is 0 Å². The lowest BCUT2D eigenvalue weighted by Crippen LogP contribution is -2.15. The number of hydrogen-bond acceptors (Lipinski definition) is 5. The van der Waals surface area contributed by atoms with Crippen LogP contribution in [0.25, 0.3) is 0 Å². The van der Waals surface area contributed by atoms with Gasteiger partial charge < -0.3 is 14.8 Å². The highest BCUT2D eigenvalue weighted by atomic mass is 16.6. The van der Waals surface area contributed by atoms with Crippen LogP contribution < -0.4 is 14.8 Å². The van der Waals surface area contributed by atoms with Crippen LogP contribution in [0.1, 0.15) is 5.56 Å². The molecule has 1 N–H and O–H groups in total. The van der Waals surface area contributed by atoms with E-state index in [2.05, 4.69) is 5.32 Å². The molecule has 0 bridgehead atoms. The average Bonchev–Trinajstić information content (AvgIpc) is 2.54. The quantitative estimate of drug-likeness (QED) is 0.653. The van der Waals surface area contributed by atoms with Crippen LogP contribution >= 0.6 is 0 Å². The fourth-order valence-corrected chi connectivity index (χ4v) is 2.10. The van der Waals surface area contributed by atoms with Crippen molar-refractivity contribution in [1.82, 2.24) is 0 Å². The molecule has 2 aromatic rings. The van der Waals surface area contributed by atoms with Gasteiger partial charge in [-0.25, -0.2) is 0 Å². The maximum atomic E-state index is 12.2. The molecule has 2 rings (SSSR count). The van der Waals surface area contributed by atoms with Gasteiger partial charge in [0.1, 0.15) is 11.5 Å². The van der Waals surface area contributed by atoms with Crippen LogP contribution in [0.5, 0.6) is 11.5 Å². The first-order valence-corrected chi connectivity index (χ1v) is 6.78. The Kier molecular flexibility index (Phi) is 5.14. The number of amides is 1. The first-order chi connectivity index (χ1) is 11.0. The van der Waals surface area contributed by atoms with Crippen molar-refractivity contribution in [1.29, 1.82) is 0 Å². The van der Waals surface area contributed by atoms with Gasteiger partial charge in [0.25, 0.3) is 5.69 Å². The topological polar surface area (TPSA) is 90.7 Å². The Hall–Kier alpha value is -3.09. The molecule has 0 saturated heterocycles. The van der Waals surface area contributed by atoms with Crippen LogP contribution in [0.3, 0.4) is 0 Å². The number of methoxy groups -OCH3 is 2. The number of anilines is 1. The van der Waals surface area contributed by atoms with E-state index >= 15 is 0 Å². The van der Waals surface area contributed by atoms with Crippen LogP contribution in [0.4, 0.5) is 11.4 Å². The van der Waals surface area contributed by atoms with Gasteiger partial charge in [-0.1, -0.05) is 6.07 Å². The minimum atomic E-state index is -0.513. The molecule has 0 saturated carbocycles. The summed E-state index contributed by atoms with van der Waals surface area (Å²) in [6.07, 6.45) is 0.0586. The number of hydrogen-bond donors (Lipinski definition) is 1. The molecule has 0 aliphatic carbocycles. The first kappa shape index (κ1) is 16.3. The van der Waals surface area contributed by atoms with E-state index in [1.807, 2.05) is 0 Å². The number of ether oxygens (including phenoxy) is 2. The summed E-state index contributed by atoms with van der Waals surface area (Å²) in [5.41, 5.74) is 0.947. The predicted octanol–water partition coefficient (Wildman–Crippen LogP) is 2.79. The summed E-state index contributed by atoms with van der Waals surface area (Å²) in [5, 5.41) is 13.4. The molecule has 7 heteroatoms. The smallest absolute Gasteiger partial charge is 0.271 e. The third kappa shape index (κ3) is 4.19. The van der Waals surface area contributed by atoms with Crippen molar-refractivity contribution in [3.05, 3.63) is 58.1 Å². The molecule has 1 amide bonds. The second-order valence-electron chi connectivity index (χ2n) is 4.71. The minimum absolute atomic E-state index is 0.0586. The van der Waals surface area contributed by atoms with Crippen molar-refractivity contribution >= 4 is 17.3 Å². The molecule has 0 radical (unpaired) electrons. The summed E-state index contributed by atoms with van der Waals surface area (Å²) in [7, 11) is 3.05. The maximum absolute atomic E-state index is 12.2. The Bertz CT molecular complexity index is 730. The Morgan fingerprint density at radius 3 is 2.61 bits per heavy atom. The fraction of sp³-hybridized carbons (Fsp3) is 0.188. The number of rotatable bonds is 6. The number of benzene rings is 2. The highest BCUT2D eigenvalue weighted by Gasteiger charge is 2.12. The number of nitrogens with zero attached hydrogens (tertiary/aromatic N) is 1. The number of nitro benzene ring substituents is 1. The highest BCUT2D eigenvalue weighted by molar-refractivity contribution is 5.93. The molecule has 120 valence electrons. The van der Waals surface area contributed by atoms with Crippen molar-refractivity contribution in [3.63, 3.8) is 0 Å². The van der Waals surface area contributed by atoms with Crippen molar-refractivity contribution in [3.8, 4) is 11.5 Å². The molecule has 0 spiro atoms. The Morgan fingerprint density at radius 1 is 1.17 bits per heavy atom. The number of nitro groups is 1. The van der Waals surface area contributed by atoms with Gasteiger partial charge in [-0.05, 0) is 24.3 Å². The predicted molar refractivity (Wildman–Crippen MR) is 85.0 cm³/mol. The second-order valence-corrected chi connectivity index (χ2v) is 4.71. The van der Waals surface area contributed by atoms with E-state index in [0.717, 1.165) is 0 Å². The molecule has 23 heavy (non-hydrogen) atoms. The number of carbonyl (C=O) groups is 1. The Balaban J connectivity index is 2.13. The van der Waals surface area contributed by atoms with E-state index in [1.54, 1.807) is 24.3 Å². The number of carbonyl (C=O) groups excluding carboxylic acids is 1. The van der Waals surface area contributed by atoms with Crippen LogP contribution in [-0.4, -0.2) is 25.1 Å². The molecule has 7 nitrogen and oxygen atoms in total. The summed E-state index contributed by atoms with van der Waals surface area (Å²) in [5.74, 6) is 0.876. The Morgan fingerprint density at radius 2 is 1.96 bits per heavy atom. The molecular formula is C16H16N2O5. The van der Waals surface area contributed by atoms with E-state index < -0.39 is 4.92 Å². The largest absolute Gasteiger partial charge is 0.497 e. The lowest BCUT2D eigenvalue weighted by Gasteiger charge is -2.11. The zero-order chi connectivity index (χ0) is 16.8. The third-order valence-corrected chi connectivity index (χ3v) is 3.18. The normalized spacial score (nSPS) is 10.0. The molecule has 2 aromatic carbocycles. The molecule has 0 fully saturated rings. The van der Waals surface area contributed by atoms with Gasteiger partial charge in [-0.3, -0.25) is 14.9 Å². The SMILES string of the molecule is COc1ccc(OC)c(CC(=O)Nc2cccc([N+](=O)[O-])c2)c1. The van der Waals surface area contributed by atoms with Gasteiger partial charge in [0.05, 0.1) is 25.6 Å². The van der Waals surface area contributed by atoms with Gasteiger partial charge >= 0.3 is 0 Å². The zero-order valence-electron chi connectivity index (χ0n) is 12.7. The first-order valence-electron chi connectivity index (χ1n) is 6.78. The van der Waals surface area contributed by atoms with Crippen LogP contribution in [0.15, 0.2) is 42.5 Å². The van der Waals surface area contributed by atoms with Gasteiger partial charge in [0.15, 0.2) is 0 Å². The van der Waals surface area contributed by atoms with Gasteiger partial charge in [0.2, 0.25) is 5.91 Å². The summed E-state index contributed by atoms with van der Waals surface area (Å²) < 4.78 is 10.4. The van der Waals surface area contributed by atoms with Crippen molar-refractivity contribution in [2.24, 2.45) is 0 Å². The van der Waals surface area contributed by atoms with Gasteiger partial charge in [0, 0.05) is 23.4 Å². The molecule has 0 unspecified atom stereocenters. The lowest BCUT2D eigenvalue weighted by molar-refractivity contribution is -0.384. The summed E-state index contributed by atoms with van der Waals surface area (Å²) in [4.78, 5) is 22.4. The zero-order valence-corrected chi connectivity index (χ0v) is 12.7. The number of non-ortho nitro benzene ring substituents is 1. The van der Waals surface area contributed by atoms with Crippen LogP contribution in [0, 0.1) is 10.1 Å². The summed E-state index contributed by atoms with van der Waals surface area (Å²) in [6, 6.07) is 10.9. The molecule has 0 atom stereocenters. The third-order valence-electron chi connectivity index (χ3n) is 3.18. The fourth-order valence-electron chi connectivity index (χ4n) is 2.10. The average molecular weight is 316 g/mol. The van der Waals surface area contributed by atoms with Crippen LogP contribution in [0.2, 0.25) is 0 Å².